The Morgan fingerprint density at radius 1 is 1.44 bits per heavy atom. The highest BCUT2D eigenvalue weighted by Gasteiger charge is 2.30. The molecule has 2 unspecified atom stereocenters. The number of nitrogens with zero attached hydrogens (tertiary/aromatic N) is 1. The van der Waals surface area contributed by atoms with E-state index in [4.69, 9.17) is 0 Å². The molecule has 0 radical (unpaired) electrons. The van der Waals surface area contributed by atoms with Gasteiger partial charge in [-0.25, -0.2) is 0 Å². The minimum Gasteiger partial charge on any atom is -0.352 e. The number of piperidine rings is 1. The van der Waals surface area contributed by atoms with Gasteiger partial charge in [-0.05, 0) is 39.2 Å². The first-order valence-electron chi connectivity index (χ1n) is 6.69. The first kappa shape index (κ1) is 15.0. The zero-order valence-electron chi connectivity index (χ0n) is 11.8. The van der Waals surface area contributed by atoms with Crippen LogP contribution in [0, 0.1) is 5.92 Å². The third-order valence-corrected chi connectivity index (χ3v) is 3.24. The molecule has 0 bridgehead atoms. The summed E-state index contributed by atoms with van der Waals surface area (Å²) in [5.41, 5.74) is 0. The molecule has 2 amide bonds. The lowest BCUT2D eigenvalue weighted by Gasteiger charge is -2.32. The zero-order chi connectivity index (χ0) is 13.7. The predicted octanol–water partition coefficient (Wildman–Crippen LogP) is 0.358. The van der Waals surface area contributed by atoms with Gasteiger partial charge in [0.15, 0.2) is 0 Å². The molecule has 5 nitrogen and oxygen atoms in total. The summed E-state index contributed by atoms with van der Waals surface area (Å²) in [6, 6.07) is -0.0386. The van der Waals surface area contributed by atoms with Crippen LogP contribution in [0.5, 0.6) is 0 Å². The highest BCUT2D eigenvalue weighted by molar-refractivity contribution is 5.87. The second-order valence-corrected chi connectivity index (χ2v) is 5.47. The largest absolute Gasteiger partial charge is 0.352 e. The maximum absolute atomic E-state index is 12.2. The first-order chi connectivity index (χ1) is 8.41. The molecule has 104 valence electrons. The minimum absolute atomic E-state index is 0.0149. The Bertz CT molecular complexity index is 305. The maximum Gasteiger partial charge on any atom is 0.240 e. The fourth-order valence-corrected chi connectivity index (χ4v) is 2.28. The zero-order valence-corrected chi connectivity index (χ0v) is 11.8. The van der Waals surface area contributed by atoms with Gasteiger partial charge in [-0.1, -0.05) is 6.92 Å². The fourth-order valence-electron chi connectivity index (χ4n) is 2.28. The van der Waals surface area contributed by atoms with E-state index in [1.807, 2.05) is 13.8 Å². The lowest BCUT2D eigenvalue weighted by Crippen LogP contribution is -2.53. The molecule has 5 heteroatoms. The topological polar surface area (TPSA) is 61.4 Å². The van der Waals surface area contributed by atoms with Crippen molar-refractivity contribution in [1.29, 1.82) is 0 Å². The van der Waals surface area contributed by atoms with Crippen LogP contribution in [0.2, 0.25) is 0 Å². The van der Waals surface area contributed by atoms with Crippen LogP contribution < -0.4 is 10.6 Å². The van der Waals surface area contributed by atoms with E-state index in [-0.39, 0.29) is 30.4 Å². The lowest BCUT2D eigenvalue weighted by atomic mass is 9.92. The summed E-state index contributed by atoms with van der Waals surface area (Å²) in [7, 11) is 1.69. The number of amides is 2. The van der Waals surface area contributed by atoms with Crippen LogP contribution in [0.15, 0.2) is 0 Å². The number of carbonyl (C=O) groups is 2. The summed E-state index contributed by atoms with van der Waals surface area (Å²) < 4.78 is 0. The Morgan fingerprint density at radius 3 is 2.67 bits per heavy atom. The van der Waals surface area contributed by atoms with Crippen molar-refractivity contribution in [2.24, 2.45) is 5.92 Å². The van der Waals surface area contributed by atoms with Crippen molar-refractivity contribution in [2.75, 3.05) is 20.1 Å². The maximum atomic E-state index is 12.2. The van der Waals surface area contributed by atoms with Gasteiger partial charge in [-0.2, -0.15) is 0 Å². The standard InChI is InChI=1S/C13H25N3O2/c1-9(2)15-11(17)8-16(4)13(18)12-10(3)6-5-7-14-12/h9-10,12,14H,5-8H2,1-4H3,(H,15,17). The van der Waals surface area contributed by atoms with E-state index in [0.29, 0.717) is 5.92 Å². The highest BCUT2D eigenvalue weighted by Crippen LogP contribution is 2.16. The molecule has 1 rings (SSSR count). The smallest absolute Gasteiger partial charge is 0.240 e. The number of hydrogen-bond acceptors (Lipinski definition) is 3. The summed E-state index contributed by atoms with van der Waals surface area (Å²) in [6.07, 6.45) is 2.18. The summed E-state index contributed by atoms with van der Waals surface area (Å²) in [4.78, 5) is 25.3. The molecule has 18 heavy (non-hydrogen) atoms. The molecule has 0 saturated carbocycles. The normalized spacial score (nSPS) is 23.8. The number of carbonyl (C=O) groups excluding carboxylic acids is 2. The Hall–Kier alpha value is -1.10. The van der Waals surface area contributed by atoms with Gasteiger partial charge < -0.3 is 15.5 Å². The van der Waals surface area contributed by atoms with Gasteiger partial charge in [-0.15, -0.1) is 0 Å². The molecule has 1 fully saturated rings. The lowest BCUT2D eigenvalue weighted by molar-refractivity contribution is -0.138. The van der Waals surface area contributed by atoms with Crippen LogP contribution in [0.3, 0.4) is 0 Å². The van der Waals surface area contributed by atoms with Crippen LogP contribution in [0.25, 0.3) is 0 Å². The molecule has 2 N–H and O–H groups in total. The molecule has 2 atom stereocenters. The van der Waals surface area contributed by atoms with Gasteiger partial charge in [0.2, 0.25) is 11.8 Å². The van der Waals surface area contributed by atoms with Crippen LogP contribution in [0.4, 0.5) is 0 Å². The summed E-state index contributed by atoms with van der Waals surface area (Å²) in [5, 5.41) is 6.03. The summed E-state index contributed by atoms with van der Waals surface area (Å²) >= 11 is 0. The Morgan fingerprint density at radius 2 is 2.11 bits per heavy atom. The highest BCUT2D eigenvalue weighted by atomic mass is 16.2. The Balaban J connectivity index is 2.47. The second-order valence-electron chi connectivity index (χ2n) is 5.47. The van der Waals surface area contributed by atoms with Crippen molar-refractivity contribution in [3.8, 4) is 0 Å². The van der Waals surface area contributed by atoms with Gasteiger partial charge in [0.1, 0.15) is 0 Å². The van der Waals surface area contributed by atoms with E-state index in [1.54, 1.807) is 7.05 Å². The molecule has 1 aliphatic rings. The van der Waals surface area contributed by atoms with Crippen molar-refractivity contribution in [3.05, 3.63) is 0 Å². The van der Waals surface area contributed by atoms with Gasteiger partial charge in [-0.3, -0.25) is 9.59 Å². The third-order valence-electron chi connectivity index (χ3n) is 3.24. The Labute approximate surface area is 109 Å². The number of nitrogens with one attached hydrogen (secondary N) is 2. The van der Waals surface area contributed by atoms with Gasteiger partial charge >= 0.3 is 0 Å². The molecular weight excluding hydrogens is 230 g/mol. The molecule has 0 aromatic rings. The van der Waals surface area contributed by atoms with Crippen molar-refractivity contribution in [1.82, 2.24) is 15.5 Å². The van der Waals surface area contributed by atoms with Gasteiger partial charge in [0.25, 0.3) is 0 Å². The van der Waals surface area contributed by atoms with Gasteiger partial charge in [0, 0.05) is 13.1 Å². The molecular formula is C13H25N3O2. The van der Waals surface area contributed by atoms with E-state index in [1.165, 1.54) is 4.90 Å². The fraction of sp³-hybridized carbons (Fsp3) is 0.846. The monoisotopic (exact) mass is 255 g/mol. The summed E-state index contributed by atoms with van der Waals surface area (Å²) in [5.74, 6) is 0.243. The predicted molar refractivity (Wildman–Crippen MR) is 71.1 cm³/mol. The first-order valence-corrected chi connectivity index (χ1v) is 6.69. The number of rotatable bonds is 4. The second kappa shape index (κ2) is 6.73. The van der Waals surface area contributed by atoms with Gasteiger partial charge in [0.05, 0.1) is 12.6 Å². The molecule has 1 aliphatic heterocycles. The molecule has 1 saturated heterocycles. The quantitative estimate of drug-likeness (QED) is 0.762. The van der Waals surface area contributed by atoms with Crippen LogP contribution >= 0.6 is 0 Å². The third kappa shape index (κ3) is 4.29. The molecule has 0 spiro atoms. The van der Waals surface area contributed by atoms with E-state index in [2.05, 4.69) is 17.6 Å². The van der Waals surface area contributed by atoms with Crippen LogP contribution in [-0.2, 0) is 9.59 Å². The van der Waals surface area contributed by atoms with E-state index < -0.39 is 0 Å². The van der Waals surface area contributed by atoms with E-state index >= 15 is 0 Å². The van der Waals surface area contributed by atoms with E-state index in [9.17, 15) is 9.59 Å². The number of hydrogen-bond donors (Lipinski definition) is 2. The van der Waals surface area contributed by atoms with Crippen molar-refractivity contribution >= 4 is 11.8 Å². The number of likely N-dealkylation sites (N-methyl/N-ethyl adjacent to an activating group) is 1. The molecule has 0 aromatic carbocycles. The average molecular weight is 255 g/mol. The van der Waals surface area contributed by atoms with Crippen LogP contribution in [0.1, 0.15) is 33.6 Å². The van der Waals surface area contributed by atoms with Crippen molar-refractivity contribution < 1.29 is 9.59 Å². The molecule has 0 aromatic heterocycles. The molecule has 1 heterocycles. The SMILES string of the molecule is CC(C)NC(=O)CN(C)C(=O)C1NCCCC1C. The minimum atomic E-state index is -0.143. The van der Waals surface area contributed by atoms with E-state index in [0.717, 1.165) is 19.4 Å². The molecule has 0 aliphatic carbocycles. The summed E-state index contributed by atoms with van der Waals surface area (Å²) in [6.45, 7) is 6.90. The van der Waals surface area contributed by atoms with Crippen molar-refractivity contribution in [3.63, 3.8) is 0 Å². The van der Waals surface area contributed by atoms with Crippen molar-refractivity contribution in [2.45, 2.75) is 45.7 Å². The Kier molecular flexibility index (Phi) is 5.59. The average Bonchev–Trinajstić information content (AvgIpc) is 2.27. The van der Waals surface area contributed by atoms with Crippen LogP contribution in [-0.4, -0.2) is 48.9 Å².